The van der Waals surface area contributed by atoms with Crippen molar-refractivity contribution in [2.45, 2.75) is 19.5 Å². The predicted octanol–water partition coefficient (Wildman–Crippen LogP) is 4.50. The van der Waals surface area contributed by atoms with Crippen LogP contribution in [0.4, 0.5) is 18.9 Å². The second-order valence-corrected chi connectivity index (χ2v) is 8.58. The normalized spacial score (nSPS) is 14.1. The second kappa shape index (κ2) is 12.0. The number of amides is 1. The highest BCUT2D eigenvalue weighted by atomic mass is 19.4. The summed E-state index contributed by atoms with van der Waals surface area (Å²) in [5.41, 5.74) is 1.40. The minimum atomic E-state index is -4.54. The summed E-state index contributed by atoms with van der Waals surface area (Å²) in [6.45, 7) is 6.34. The fourth-order valence-corrected chi connectivity index (χ4v) is 3.81. The molecule has 0 aliphatic carbocycles. The van der Waals surface area contributed by atoms with Gasteiger partial charge >= 0.3 is 12.1 Å². The summed E-state index contributed by atoms with van der Waals surface area (Å²) in [7, 11) is 0. The molecular formula is C27H27F3N4O3. The van der Waals surface area contributed by atoms with Crippen LogP contribution in [0, 0.1) is 18.8 Å². The van der Waals surface area contributed by atoms with Gasteiger partial charge in [0, 0.05) is 36.7 Å². The molecule has 0 radical (unpaired) electrons. The molecule has 194 valence electrons. The van der Waals surface area contributed by atoms with Gasteiger partial charge < -0.3 is 19.8 Å². The third kappa shape index (κ3) is 7.59. The highest BCUT2D eigenvalue weighted by Gasteiger charge is 2.33. The molecule has 1 saturated heterocycles. The van der Waals surface area contributed by atoms with Crippen molar-refractivity contribution in [3.63, 3.8) is 0 Å². The van der Waals surface area contributed by atoms with Gasteiger partial charge in [0.1, 0.15) is 17.3 Å². The Kier molecular flexibility index (Phi) is 8.48. The number of carbonyl (C=O) groups is 1. The Bertz CT molecular complexity index is 1290. The largest absolute Gasteiger partial charge is 0.491 e. The van der Waals surface area contributed by atoms with Crippen LogP contribution in [-0.2, 0) is 15.7 Å². The number of hydrogen-bond donors (Lipinski definition) is 2. The average Bonchev–Trinajstić information content (AvgIpc) is 3.38. The number of aryl methyl sites for hydroxylation is 1. The fraction of sp³-hybridized carbons (Fsp3) is 0.333. The summed E-state index contributed by atoms with van der Waals surface area (Å²) in [4.78, 5) is 21.0. The summed E-state index contributed by atoms with van der Waals surface area (Å²) < 4.78 is 50.3. The lowest BCUT2D eigenvalue weighted by atomic mass is 10.1. The zero-order chi connectivity index (χ0) is 26.3. The SMILES string of the molecule is Cc1cccc(C#CC(=O)Nc2cc(-c3ncc(C(F)(F)F)[nH]3)ccc2OCCCN2CCOCC2)c1. The van der Waals surface area contributed by atoms with Crippen LogP contribution in [0.1, 0.15) is 23.2 Å². The zero-order valence-corrected chi connectivity index (χ0v) is 20.3. The molecule has 2 aromatic carbocycles. The van der Waals surface area contributed by atoms with Crippen molar-refractivity contribution in [2.24, 2.45) is 0 Å². The number of imidazole rings is 1. The number of aromatic amines is 1. The standard InChI is InChI=1S/C27H27F3N4O3/c1-19-4-2-5-20(16-19)6-9-25(35)32-22-17-21(26-31-18-24(33-26)27(28,29)30)7-8-23(22)37-13-3-10-34-11-14-36-15-12-34/h2,4-5,7-8,16-18H,3,10-15H2,1H3,(H,31,33)(H,32,35). The molecule has 1 aliphatic rings. The van der Waals surface area contributed by atoms with Gasteiger partial charge in [0.05, 0.1) is 31.7 Å². The lowest BCUT2D eigenvalue weighted by molar-refractivity contribution is -0.140. The number of morpholine rings is 1. The van der Waals surface area contributed by atoms with E-state index in [2.05, 4.69) is 32.0 Å². The molecule has 2 N–H and O–H groups in total. The van der Waals surface area contributed by atoms with Gasteiger partial charge in [-0.15, -0.1) is 0 Å². The first kappa shape index (κ1) is 26.3. The van der Waals surface area contributed by atoms with Crippen molar-refractivity contribution in [2.75, 3.05) is 44.8 Å². The molecule has 4 rings (SSSR count). The Balaban J connectivity index is 1.50. The van der Waals surface area contributed by atoms with Crippen LogP contribution in [0.5, 0.6) is 5.75 Å². The third-order valence-electron chi connectivity index (χ3n) is 5.70. The van der Waals surface area contributed by atoms with E-state index >= 15 is 0 Å². The van der Waals surface area contributed by atoms with Crippen LogP contribution < -0.4 is 10.1 Å². The highest BCUT2D eigenvalue weighted by molar-refractivity contribution is 6.05. The van der Waals surface area contributed by atoms with E-state index in [4.69, 9.17) is 9.47 Å². The summed E-state index contributed by atoms with van der Waals surface area (Å²) >= 11 is 0. The van der Waals surface area contributed by atoms with Gasteiger partial charge in [0.15, 0.2) is 0 Å². The molecule has 1 aliphatic heterocycles. The van der Waals surface area contributed by atoms with Crippen molar-refractivity contribution < 1.29 is 27.4 Å². The van der Waals surface area contributed by atoms with Gasteiger partial charge in [-0.05, 0) is 49.2 Å². The minimum absolute atomic E-state index is 0.0209. The first-order valence-corrected chi connectivity index (χ1v) is 11.9. The molecule has 10 heteroatoms. The topological polar surface area (TPSA) is 79.5 Å². The summed E-state index contributed by atoms with van der Waals surface area (Å²) in [6, 6.07) is 12.1. The van der Waals surface area contributed by atoms with Gasteiger partial charge in [-0.1, -0.05) is 18.1 Å². The smallest absolute Gasteiger partial charge is 0.432 e. The van der Waals surface area contributed by atoms with Gasteiger partial charge in [-0.2, -0.15) is 13.2 Å². The molecule has 0 spiro atoms. The van der Waals surface area contributed by atoms with Gasteiger partial charge in [-0.3, -0.25) is 9.69 Å². The van der Waals surface area contributed by atoms with E-state index < -0.39 is 17.8 Å². The maximum Gasteiger partial charge on any atom is 0.432 e. The lowest BCUT2D eigenvalue weighted by Crippen LogP contribution is -2.37. The Morgan fingerprint density at radius 3 is 2.76 bits per heavy atom. The molecule has 2 heterocycles. The molecule has 1 amide bonds. The molecular weight excluding hydrogens is 485 g/mol. The second-order valence-electron chi connectivity index (χ2n) is 8.58. The maximum absolute atomic E-state index is 13.0. The molecule has 0 saturated carbocycles. The molecule has 37 heavy (non-hydrogen) atoms. The number of anilines is 1. The molecule has 1 fully saturated rings. The van der Waals surface area contributed by atoms with Crippen molar-refractivity contribution in [3.05, 3.63) is 65.5 Å². The number of nitrogens with one attached hydrogen (secondary N) is 2. The number of aromatic nitrogens is 2. The Hall–Kier alpha value is -3.81. The van der Waals surface area contributed by atoms with Crippen LogP contribution in [0.3, 0.4) is 0 Å². The van der Waals surface area contributed by atoms with Gasteiger partial charge in [0.25, 0.3) is 0 Å². The summed E-state index contributed by atoms with van der Waals surface area (Å²) in [6.07, 6.45) is -3.05. The monoisotopic (exact) mass is 512 g/mol. The fourth-order valence-electron chi connectivity index (χ4n) is 3.81. The first-order chi connectivity index (χ1) is 17.8. The van der Waals surface area contributed by atoms with Crippen LogP contribution in [-0.4, -0.2) is 60.2 Å². The van der Waals surface area contributed by atoms with Crippen molar-refractivity contribution in [1.82, 2.24) is 14.9 Å². The number of hydrogen-bond acceptors (Lipinski definition) is 5. The van der Waals surface area contributed by atoms with E-state index in [0.717, 1.165) is 37.8 Å². The molecule has 0 unspecified atom stereocenters. The zero-order valence-electron chi connectivity index (χ0n) is 20.3. The first-order valence-electron chi connectivity index (χ1n) is 11.9. The third-order valence-corrected chi connectivity index (χ3v) is 5.70. The number of rotatable bonds is 7. The van der Waals surface area contributed by atoms with Crippen LogP contribution in [0.2, 0.25) is 0 Å². The molecule has 1 aromatic heterocycles. The maximum atomic E-state index is 13.0. The van der Waals surface area contributed by atoms with Crippen LogP contribution >= 0.6 is 0 Å². The number of alkyl halides is 3. The van der Waals surface area contributed by atoms with E-state index in [1.165, 1.54) is 6.07 Å². The van der Waals surface area contributed by atoms with E-state index in [1.54, 1.807) is 18.2 Å². The Morgan fingerprint density at radius 1 is 1.22 bits per heavy atom. The number of nitrogens with zero attached hydrogens (tertiary/aromatic N) is 2. The number of halogens is 3. The molecule has 3 aromatic rings. The van der Waals surface area contributed by atoms with Crippen molar-refractivity contribution in [3.8, 4) is 29.0 Å². The van der Waals surface area contributed by atoms with Gasteiger partial charge in [-0.25, -0.2) is 4.98 Å². The van der Waals surface area contributed by atoms with Crippen LogP contribution in [0.25, 0.3) is 11.4 Å². The van der Waals surface area contributed by atoms with E-state index in [0.29, 0.717) is 36.7 Å². The summed E-state index contributed by atoms with van der Waals surface area (Å²) in [5, 5.41) is 2.70. The minimum Gasteiger partial charge on any atom is -0.491 e. The summed E-state index contributed by atoms with van der Waals surface area (Å²) in [5.74, 6) is 5.20. The highest BCUT2D eigenvalue weighted by Crippen LogP contribution is 2.33. The van der Waals surface area contributed by atoms with E-state index in [9.17, 15) is 18.0 Å². The van der Waals surface area contributed by atoms with Crippen molar-refractivity contribution >= 4 is 11.6 Å². The average molecular weight is 513 g/mol. The number of carbonyl (C=O) groups excluding carboxylic acids is 1. The molecule has 0 bridgehead atoms. The molecule has 7 nitrogen and oxygen atoms in total. The molecule has 0 atom stereocenters. The van der Waals surface area contributed by atoms with E-state index in [1.807, 2.05) is 25.1 Å². The Morgan fingerprint density at radius 2 is 2.03 bits per heavy atom. The van der Waals surface area contributed by atoms with Gasteiger partial charge in [0.2, 0.25) is 0 Å². The number of H-pyrrole nitrogens is 1. The van der Waals surface area contributed by atoms with Crippen molar-refractivity contribution in [1.29, 1.82) is 0 Å². The number of ether oxygens (including phenoxy) is 2. The van der Waals surface area contributed by atoms with Crippen LogP contribution in [0.15, 0.2) is 48.7 Å². The lowest BCUT2D eigenvalue weighted by Gasteiger charge is -2.26. The van der Waals surface area contributed by atoms with E-state index in [-0.39, 0.29) is 11.5 Å². The quantitative estimate of drug-likeness (QED) is 0.360. The predicted molar refractivity (Wildman–Crippen MR) is 133 cm³/mol. The Labute approximate surface area is 213 Å². The number of benzene rings is 2.